The van der Waals surface area contributed by atoms with E-state index in [0.29, 0.717) is 6.20 Å². The number of halogens is 11. The summed E-state index contributed by atoms with van der Waals surface area (Å²) in [6.07, 6.45) is -6.77. The maximum absolute atomic E-state index is 13.2. The van der Waals surface area contributed by atoms with Gasteiger partial charge in [0, 0.05) is 6.20 Å². The van der Waals surface area contributed by atoms with Gasteiger partial charge in [0.25, 0.3) is 0 Å². The molecule has 1 aromatic heterocycles. The second kappa shape index (κ2) is 4.47. The van der Waals surface area contributed by atoms with Crippen molar-refractivity contribution in [3.63, 3.8) is 0 Å². The molecule has 0 aliphatic rings. The molecule has 0 aliphatic carbocycles. The van der Waals surface area contributed by atoms with Crippen LogP contribution in [0.15, 0.2) is 12.3 Å². The van der Waals surface area contributed by atoms with Crippen molar-refractivity contribution in [2.75, 3.05) is 0 Å². The highest BCUT2D eigenvalue weighted by Crippen LogP contribution is 2.59. The van der Waals surface area contributed by atoms with Crippen LogP contribution in [0.1, 0.15) is 5.69 Å². The number of aromatic nitrogens is 2. The second-order valence-electron chi connectivity index (χ2n) is 3.77. The Morgan fingerprint density at radius 3 is 1.52 bits per heavy atom. The summed E-state index contributed by atoms with van der Waals surface area (Å²) in [4.78, 5) is 0. The first kappa shape index (κ1) is 17.5. The lowest BCUT2D eigenvalue weighted by molar-refractivity contribution is -0.425. The summed E-state index contributed by atoms with van der Waals surface area (Å²) in [6, 6.07) is 0.0235. The van der Waals surface area contributed by atoms with E-state index in [-0.39, 0.29) is 6.07 Å². The third-order valence-corrected chi connectivity index (χ3v) is 2.38. The van der Waals surface area contributed by atoms with Crippen LogP contribution in [0, 0.1) is 0 Å². The molecule has 122 valence electrons. The van der Waals surface area contributed by atoms with E-state index in [1.165, 1.54) is 0 Å². The Labute approximate surface area is 107 Å². The molecule has 0 radical (unpaired) electrons. The quantitative estimate of drug-likeness (QED) is 0.828. The first-order chi connectivity index (χ1) is 9.11. The summed E-state index contributed by atoms with van der Waals surface area (Å²) in [5.41, 5.74) is -2.05. The van der Waals surface area contributed by atoms with Crippen LogP contribution in [0.4, 0.5) is 48.3 Å². The number of nitrogens with one attached hydrogen (secondary N) is 1. The summed E-state index contributed by atoms with van der Waals surface area (Å²) in [5.74, 6) is -27.9. The summed E-state index contributed by atoms with van der Waals surface area (Å²) >= 11 is 0. The molecular weight excluding hydrogens is 333 g/mol. The van der Waals surface area contributed by atoms with Crippen LogP contribution in [0.3, 0.4) is 0 Å². The first-order valence-corrected chi connectivity index (χ1v) is 4.68. The molecular formula is C8H3F11N2. The van der Waals surface area contributed by atoms with Crippen molar-refractivity contribution < 1.29 is 48.3 Å². The molecule has 1 heterocycles. The summed E-state index contributed by atoms with van der Waals surface area (Å²) in [6.45, 7) is 0. The van der Waals surface area contributed by atoms with Crippen molar-refractivity contribution in [2.45, 2.75) is 29.9 Å². The zero-order valence-corrected chi connectivity index (χ0v) is 9.26. The number of hydrogen-bond acceptors (Lipinski definition) is 1. The Morgan fingerprint density at radius 1 is 0.714 bits per heavy atom. The van der Waals surface area contributed by atoms with Crippen molar-refractivity contribution in [3.8, 4) is 0 Å². The number of aromatic amines is 1. The highest BCUT2D eigenvalue weighted by molar-refractivity contribution is 5.16. The van der Waals surface area contributed by atoms with Crippen LogP contribution in [0.5, 0.6) is 0 Å². The van der Waals surface area contributed by atoms with Gasteiger partial charge in [-0.25, -0.2) is 0 Å². The third-order valence-electron chi connectivity index (χ3n) is 2.38. The highest BCUT2D eigenvalue weighted by atomic mass is 19.4. The molecule has 0 fully saturated rings. The van der Waals surface area contributed by atoms with Gasteiger partial charge in [-0.05, 0) is 6.07 Å². The van der Waals surface area contributed by atoms with Gasteiger partial charge in [-0.2, -0.15) is 53.4 Å². The Kier molecular flexibility index (Phi) is 3.72. The Morgan fingerprint density at radius 2 is 1.19 bits per heavy atom. The van der Waals surface area contributed by atoms with Crippen LogP contribution in [0.2, 0.25) is 0 Å². The van der Waals surface area contributed by atoms with Crippen LogP contribution in [-0.2, 0) is 5.92 Å². The van der Waals surface area contributed by atoms with E-state index in [1.54, 1.807) is 0 Å². The molecule has 13 heteroatoms. The van der Waals surface area contributed by atoms with E-state index < -0.39 is 35.6 Å². The van der Waals surface area contributed by atoms with Gasteiger partial charge >= 0.3 is 29.9 Å². The minimum absolute atomic E-state index is 0.0235. The molecule has 0 spiro atoms. The maximum atomic E-state index is 13.2. The SMILES string of the molecule is FC(F)(F)C(F)(F)C(F)(F)C(F)(F)C(F)(F)c1ccn[nH]1. The fourth-order valence-electron chi connectivity index (χ4n) is 1.17. The van der Waals surface area contributed by atoms with Gasteiger partial charge in [0.2, 0.25) is 0 Å². The van der Waals surface area contributed by atoms with Crippen molar-refractivity contribution in [2.24, 2.45) is 0 Å². The maximum Gasteiger partial charge on any atom is 0.460 e. The smallest absolute Gasteiger partial charge is 0.276 e. The zero-order chi connectivity index (χ0) is 16.9. The van der Waals surface area contributed by atoms with Gasteiger partial charge in [0.05, 0.1) is 0 Å². The van der Waals surface area contributed by atoms with E-state index in [9.17, 15) is 48.3 Å². The highest BCUT2D eigenvalue weighted by Gasteiger charge is 2.87. The Bertz CT molecular complexity index is 487. The van der Waals surface area contributed by atoms with E-state index in [1.807, 2.05) is 0 Å². The fourth-order valence-corrected chi connectivity index (χ4v) is 1.17. The monoisotopic (exact) mass is 336 g/mol. The molecule has 0 unspecified atom stereocenters. The lowest BCUT2D eigenvalue weighted by Gasteiger charge is -2.36. The average molecular weight is 336 g/mol. The molecule has 21 heavy (non-hydrogen) atoms. The molecule has 1 rings (SSSR count). The normalized spacial score (nSPS) is 15.4. The van der Waals surface area contributed by atoms with Crippen LogP contribution >= 0.6 is 0 Å². The molecule has 0 amide bonds. The second-order valence-corrected chi connectivity index (χ2v) is 3.77. The summed E-state index contributed by atoms with van der Waals surface area (Å²) in [7, 11) is 0. The lowest BCUT2D eigenvalue weighted by atomic mass is 9.96. The fraction of sp³-hybridized carbons (Fsp3) is 0.625. The van der Waals surface area contributed by atoms with Crippen molar-refractivity contribution >= 4 is 0 Å². The number of rotatable bonds is 4. The van der Waals surface area contributed by atoms with Gasteiger partial charge in [-0.3, -0.25) is 5.10 Å². The van der Waals surface area contributed by atoms with Gasteiger partial charge in [-0.1, -0.05) is 0 Å². The number of H-pyrrole nitrogens is 1. The molecule has 0 aromatic carbocycles. The number of hydrogen-bond donors (Lipinski definition) is 1. The first-order valence-electron chi connectivity index (χ1n) is 4.68. The lowest BCUT2D eigenvalue weighted by Crippen LogP contribution is -2.65. The Balaban J connectivity index is 3.41. The number of nitrogens with zero attached hydrogens (tertiary/aromatic N) is 1. The summed E-state index contributed by atoms with van der Waals surface area (Å²) in [5, 5.41) is 3.81. The van der Waals surface area contributed by atoms with Gasteiger partial charge in [0.1, 0.15) is 5.69 Å². The molecule has 1 N–H and O–H groups in total. The Hall–Kier alpha value is -1.56. The molecule has 1 aromatic rings. The standard InChI is InChI=1S/C8H3F11N2/c9-4(10,3-1-2-20-21-3)5(11,12)6(13,14)7(15,16)8(17,18)19/h1-2H,(H,20,21). The predicted molar refractivity (Wildman–Crippen MR) is 43.4 cm³/mol. The molecule has 0 saturated heterocycles. The van der Waals surface area contributed by atoms with E-state index >= 15 is 0 Å². The van der Waals surface area contributed by atoms with E-state index in [4.69, 9.17) is 0 Å². The molecule has 0 saturated carbocycles. The van der Waals surface area contributed by atoms with E-state index in [0.717, 1.165) is 5.10 Å². The van der Waals surface area contributed by atoms with E-state index in [2.05, 4.69) is 5.10 Å². The number of alkyl halides is 11. The van der Waals surface area contributed by atoms with Crippen molar-refractivity contribution in [3.05, 3.63) is 18.0 Å². The van der Waals surface area contributed by atoms with Crippen LogP contribution in [0.25, 0.3) is 0 Å². The minimum Gasteiger partial charge on any atom is -0.276 e. The van der Waals surface area contributed by atoms with Crippen LogP contribution < -0.4 is 0 Å². The van der Waals surface area contributed by atoms with Gasteiger partial charge in [-0.15, -0.1) is 0 Å². The average Bonchev–Trinajstić information content (AvgIpc) is 2.80. The molecule has 2 nitrogen and oxygen atoms in total. The largest absolute Gasteiger partial charge is 0.460 e. The topological polar surface area (TPSA) is 28.7 Å². The zero-order valence-electron chi connectivity index (χ0n) is 9.26. The predicted octanol–water partition coefficient (Wildman–Crippen LogP) is 3.97. The minimum atomic E-state index is -7.41. The van der Waals surface area contributed by atoms with Crippen molar-refractivity contribution in [1.29, 1.82) is 0 Å². The molecule has 0 bridgehead atoms. The van der Waals surface area contributed by atoms with Gasteiger partial charge in [0.15, 0.2) is 0 Å². The molecule has 0 aliphatic heterocycles. The van der Waals surface area contributed by atoms with Crippen LogP contribution in [-0.4, -0.2) is 34.1 Å². The molecule has 0 atom stereocenters. The third kappa shape index (κ3) is 2.21. The van der Waals surface area contributed by atoms with Gasteiger partial charge < -0.3 is 0 Å². The summed E-state index contributed by atoms with van der Waals surface area (Å²) < 4.78 is 138. The van der Waals surface area contributed by atoms with Crippen molar-refractivity contribution in [1.82, 2.24) is 10.2 Å².